The molecule has 3 fully saturated rings. The Morgan fingerprint density at radius 3 is 2.87 bits per heavy atom. The normalized spacial score (nSPS) is 32.6. The number of thiophene rings is 1. The van der Waals surface area contributed by atoms with Crippen LogP contribution in [-0.2, 0) is 4.84 Å². The molecule has 0 N–H and O–H groups in total. The highest BCUT2D eigenvalue weighted by Gasteiger charge is 2.56. The van der Waals surface area contributed by atoms with E-state index >= 15 is 0 Å². The van der Waals surface area contributed by atoms with Crippen LogP contribution < -0.4 is 0 Å². The number of hydrogen-bond donors (Lipinski definition) is 0. The number of likely N-dealkylation sites (N-methyl/N-ethyl adjacent to an activating group) is 1. The third-order valence-corrected chi connectivity index (χ3v) is 7.67. The lowest BCUT2D eigenvalue weighted by Crippen LogP contribution is -2.65. The summed E-state index contributed by atoms with van der Waals surface area (Å²) in [5, 5.41) is 5.77. The molecule has 6 rings (SSSR count). The second kappa shape index (κ2) is 4.94. The Kier molecular flexibility index (Phi) is 3.06. The highest BCUT2D eigenvalue weighted by atomic mass is 79.9. The summed E-state index contributed by atoms with van der Waals surface area (Å²) in [6.07, 6.45) is 2.43. The smallest absolute Gasteiger partial charge is 0.226 e. The number of rotatable bonds is 1. The van der Waals surface area contributed by atoms with Gasteiger partial charge in [0, 0.05) is 22.1 Å². The summed E-state index contributed by atoms with van der Waals surface area (Å²) in [6, 6.07) is 8.55. The van der Waals surface area contributed by atoms with Gasteiger partial charge >= 0.3 is 0 Å². The molecule has 1 aromatic heterocycles. The molecule has 1 atom stereocenters. The van der Waals surface area contributed by atoms with Gasteiger partial charge in [0.2, 0.25) is 5.72 Å². The molecule has 23 heavy (non-hydrogen) atoms. The molecular formula is C17H18BrN3OS. The number of amidine groups is 1. The average Bonchev–Trinajstić information content (AvgIpc) is 3.13. The molecule has 4 nitrogen and oxygen atoms in total. The van der Waals surface area contributed by atoms with E-state index in [1.807, 2.05) is 0 Å². The molecule has 120 valence electrons. The van der Waals surface area contributed by atoms with Crippen LogP contribution in [0.25, 0.3) is 10.1 Å². The van der Waals surface area contributed by atoms with Gasteiger partial charge in [-0.15, -0.1) is 11.3 Å². The lowest BCUT2D eigenvalue weighted by atomic mass is 9.80. The van der Waals surface area contributed by atoms with Crippen LogP contribution in [0, 0.1) is 5.92 Å². The topological polar surface area (TPSA) is 28.1 Å². The fourth-order valence-corrected chi connectivity index (χ4v) is 5.95. The van der Waals surface area contributed by atoms with E-state index in [0.717, 1.165) is 16.9 Å². The Balaban J connectivity index is 1.53. The van der Waals surface area contributed by atoms with Crippen molar-refractivity contribution in [1.82, 2.24) is 9.80 Å². The molecule has 0 amide bonds. The fraction of sp³-hybridized carbons (Fsp3) is 0.471. The van der Waals surface area contributed by atoms with Gasteiger partial charge in [-0.25, -0.2) is 0 Å². The molecule has 1 aromatic carbocycles. The standard InChI is InChI=1S/C17H18BrN3OS/c1-20-16(14-9-11-3-2-4-13(18)15(11)23-14)19-22-17(20)10-21-7-5-12(17)6-8-21/h2-4,9,12H,5-8,10H2,1H3. The molecule has 2 bridgehead atoms. The molecular weight excluding hydrogens is 374 g/mol. The number of oxime groups is 1. The van der Waals surface area contributed by atoms with E-state index in [4.69, 9.17) is 4.84 Å². The van der Waals surface area contributed by atoms with E-state index in [1.54, 1.807) is 11.3 Å². The Bertz CT molecular complexity index is 811. The maximum atomic E-state index is 6.09. The lowest BCUT2D eigenvalue weighted by Gasteiger charge is -2.52. The minimum absolute atomic E-state index is 0.251. The van der Waals surface area contributed by atoms with Crippen molar-refractivity contribution in [3.8, 4) is 0 Å². The summed E-state index contributed by atoms with van der Waals surface area (Å²) in [7, 11) is 2.15. The molecule has 0 aliphatic carbocycles. The third kappa shape index (κ3) is 1.95. The van der Waals surface area contributed by atoms with Crippen LogP contribution in [0.5, 0.6) is 0 Å². The molecule has 0 radical (unpaired) electrons. The van der Waals surface area contributed by atoms with Crippen LogP contribution in [0.2, 0.25) is 0 Å². The van der Waals surface area contributed by atoms with E-state index in [0.29, 0.717) is 5.92 Å². The Labute approximate surface area is 147 Å². The van der Waals surface area contributed by atoms with Gasteiger partial charge in [-0.1, -0.05) is 17.3 Å². The first-order chi connectivity index (χ1) is 11.2. The van der Waals surface area contributed by atoms with Crippen LogP contribution in [0.3, 0.4) is 0 Å². The third-order valence-electron chi connectivity index (χ3n) is 5.57. The first kappa shape index (κ1) is 14.3. The summed E-state index contributed by atoms with van der Waals surface area (Å²) < 4.78 is 2.42. The van der Waals surface area contributed by atoms with Crippen LogP contribution in [-0.4, -0.2) is 48.0 Å². The molecule has 4 aliphatic rings. The van der Waals surface area contributed by atoms with Crippen molar-refractivity contribution < 1.29 is 4.84 Å². The van der Waals surface area contributed by atoms with Crippen molar-refractivity contribution in [2.75, 3.05) is 26.7 Å². The van der Waals surface area contributed by atoms with Gasteiger partial charge in [0.25, 0.3) is 0 Å². The molecule has 5 heterocycles. The zero-order valence-corrected chi connectivity index (χ0v) is 15.4. The van der Waals surface area contributed by atoms with E-state index < -0.39 is 0 Å². The van der Waals surface area contributed by atoms with Gasteiger partial charge in [-0.3, -0.25) is 4.90 Å². The number of benzene rings is 1. The fourth-order valence-electron chi connectivity index (χ4n) is 4.25. The summed E-state index contributed by atoms with van der Waals surface area (Å²) in [4.78, 5) is 12.1. The van der Waals surface area contributed by atoms with Gasteiger partial charge in [0.05, 0.1) is 11.4 Å². The molecule has 1 spiro atoms. The SMILES string of the molecule is CN1C(c2cc3cccc(Br)c3s2)=NOC12CN1CCC2CC1. The van der Waals surface area contributed by atoms with Crippen molar-refractivity contribution in [1.29, 1.82) is 0 Å². The zero-order chi connectivity index (χ0) is 15.6. The van der Waals surface area contributed by atoms with Crippen LogP contribution in [0.4, 0.5) is 0 Å². The minimum Gasteiger partial charge on any atom is -0.363 e. The number of nitrogens with zero attached hydrogens (tertiary/aromatic N) is 3. The second-order valence-electron chi connectivity index (χ2n) is 6.73. The van der Waals surface area contributed by atoms with E-state index in [1.165, 1.54) is 40.9 Å². The Morgan fingerprint density at radius 1 is 1.35 bits per heavy atom. The first-order valence-electron chi connectivity index (χ1n) is 8.08. The van der Waals surface area contributed by atoms with Crippen molar-refractivity contribution in [2.24, 2.45) is 11.1 Å². The lowest BCUT2D eigenvalue weighted by molar-refractivity contribution is -0.190. The van der Waals surface area contributed by atoms with Crippen molar-refractivity contribution >= 4 is 43.2 Å². The molecule has 3 saturated heterocycles. The maximum Gasteiger partial charge on any atom is 0.226 e. The summed E-state index contributed by atoms with van der Waals surface area (Å²) in [6.45, 7) is 3.37. The van der Waals surface area contributed by atoms with Crippen LogP contribution in [0.1, 0.15) is 17.7 Å². The molecule has 0 saturated carbocycles. The summed E-state index contributed by atoms with van der Waals surface area (Å²) >= 11 is 5.43. The van der Waals surface area contributed by atoms with E-state index in [-0.39, 0.29) is 5.72 Å². The second-order valence-corrected chi connectivity index (χ2v) is 8.64. The summed E-state index contributed by atoms with van der Waals surface area (Å²) in [5.41, 5.74) is -0.251. The van der Waals surface area contributed by atoms with Gasteiger partial charge in [0.1, 0.15) is 0 Å². The predicted octanol–water partition coefficient (Wildman–Crippen LogP) is 3.71. The first-order valence-corrected chi connectivity index (χ1v) is 9.69. The van der Waals surface area contributed by atoms with Crippen LogP contribution in [0.15, 0.2) is 33.9 Å². The zero-order valence-electron chi connectivity index (χ0n) is 13.0. The molecule has 2 aromatic rings. The Hall–Kier alpha value is -1.11. The minimum atomic E-state index is -0.251. The van der Waals surface area contributed by atoms with Crippen molar-refractivity contribution in [3.05, 3.63) is 33.6 Å². The largest absolute Gasteiger partial charge is 0.363 e. The number of fused-ring (bicyclic) bond motifs is 3. The molecule has 4 aliphatic heterocycles. The Morgan fingerprint density at radius 2 is 2.17 bits per heavy atom. The van der Waals surface area contributed by atoms with Crippen molar-refractivity contribution in [2.45, 2.75) is 18.6 Å². The number of hydrogen-bond acceptors (Lipinski definition) is 5. The molecule has 6 heteroatoms. The number of piperidine rings is 3. The monoisotopic (exact) mass is 391 g/mol. The highest BCUT2D eigenvalue weighted by molar-refractivity contribution is 9.10. The van der Waals surface area contributed by atoms with E-state index in [2.05, 4.69) is 62.2 Å². The van der Waals surface area contributed by atoms with Crippen molar-refractivity contribution in [3.63, 3.8) is 0 Å². The average molecular weight is 392 g/mol. The summed E-state index contributed by atoms with van der Waals surface area (Å²) in [5.74, 6) is 1.56. The quantitative estimate of drug-likeness (QED) is 0.741. The van der Waals surface area contributed by atoms with E-state index in [9.17, 15) is 0 Å². The maximum absolute atomic E-state index is 6.09. The van der Waals surface area contributed by atoms with Gasteiger partial charge in [0.15, 0.2) is 5.84 Å². The van der Waals surface area contributed by atoms with Gasteiger partial charge in [-0.05, 0) is 59.4 Å². The van der Waals surface area contributed by atoms with Gasteiger partial charge < -0.3 is 9.74 Å². The highest BCUT2D eigenvalue weighted by Crippen LogP contribution is 2.44. The number of halogens is 1. The predicted molar refractivity (Wildman–Crippen MR) is 96.8 cm³/mol. The molecule has 1 unspecified atom stereocenters. The van der Waals surface area contributed by atoms with Crippen LogP contribution >= 0.6 is 27.3 Å². The van der Waals surface area contributed by atoms with Gasteiger partial charge in [-0.2, -0.15) is 0 Å².